The molecular weight excluding hydrogens is 256 g/mol. The summed E-state index contributed by atoms with van der Waals surface area (Å²) in [5, 5.41) is 3.78. The second-order valence-corrected chi connectivity index (χ2v) is 7.02. The zero-order valence-corrected chi connectivity index (χ0v) is 12.9. The van der Waals surface area contributed by atoms with Crippen molar-refractivity contribution in [3.8, 4) is 0 Å². The van der Waals surface area contributed by atoms with Gasteiger partial charge in [0.15, 0.2) is 0 Å². The van der Waals surface area contributed by atoms with Crippen molar-refractivity contribution >= 4 is 5.70 Å². The van der Waals surface area contributed by atoms with Gasteiger partial charge in [0.25, 0.3) is 0 Å². The number of rotatable bonds is 3. The molecule has 2 nitrogen and oxygen atoms in total. The topological polar surface area (TPSA) is 15.3 Å². The van der Waals surface area contributed by atoms with E-state index in [-0.39, 0.29) is 0 Å². The molecule has 1 aromatic rings. The van der Waals surface area contributed by atoms with Crippen molar-refractivity contribution in [2.45, 2.75) is 44.6 Å². The van der Waals surface area contributed by atoms with Crippen molar-refractivity contribution in [2.24, 2.45) is 5.92 Å². The molecule has 5 rings (SSSR count). The van der Waals surface area contributed by atoms with Gasteiger partial charge in [0.05, 0.1) is 0 Å². The molecule has 3 fully saturated rings. The first-order valence-corrected chi connectivity index (χ1v) is 8.60. The SMILES string of the molecule is C=C(N[C@@H]1CN2CCC1CC2)c1cccc2c1CCCC2. The average molecular weight is 282 g/mol. The first-order chi connectivity index (χ1) is 10.3. The van der Waals surface area contributed by atoms with Crippen molar-refractivity contribution in [1.82, 2.24) is 10.2 Å². The van der Waals surface area contributed by atoms with E-state index in [1.165, 1.54) is 63.7 Å². The molecule has 1 aromatic carbocycles. The van der Waals surface area contributed by atoms with Crippen LogP contribution in [0.5, 0.6) is 0 Å². The van der Waals surface area contributed by atoms with Crippen molar-refractivity contribution in [1.29, 1.82) is 0 Å². The Hall–Kier alpha value is -1.28. The van der Waals surface area contributed by atoms with Crippen LogP contribution in [0.2, 0.25) is 0 Å². The van der Waals surface area contributed by atoms with E-state index in [0.29, 0.717) is 6.04 Å². The highest BCUT2D eigenvalue weighted by Crippen LogP contribution is 2.31. The summed E-state index contributed by atoms with van der Waals surface area (Å²) >= 11 is 0. The van der Waals surface area contributed by atoms with Gasteiger partial charge in [0.2, 0.25) is 0 Å². The Morgan fingerprint density at radius 1 is 1.14 bits per heavy atom. The standard InChI is InChI=1S/C19H26N2/c1-14(20-19-13-21-11-9-16(19)10-12-21)17-8-4-6-15-5-2-3-7-18(15)17/h4,6,8,16,19-20H,1-3,5,7,9-13H2/t19-/m1/s1. The van der Waals surface area contributed by atoms with E-state index in [1.807, 2.05) is 0 Å². The third kappa shape index (κ3) is 2.50. The maximum atomic E-state index is 4.38. The summed E-state index contributed by atoms with van der Waals surface area (Å²) in [5.74, 6) is 0.853. The zero-order chi connectivity index (χ0) is 14.2. The highest BCUT2D eigenvalue weighted by Gasteiger charge is 2.34. The molecule has 0 radical (unpaired) electrons. The minimum atomic E-state index is 0.611. The fourth-order valence-corrected chi connectivity index (χ4v) is 4.49. The van der Waals surface area contributed by atoms with Gasteiger partial charge in [-0.05, 0) is 68.7 Å². The number of nitrogens with zero attached hydrogens (tertiary/aromatic N) is 1. The molecule has 2 bridgehead atoms. The molecular formula is C19H26N2. The Balaban J connectivity index is 1.53. The molecule has 4 aliphatic rings. The van der Waals surface area contributed by atoms with Gasteiger partial charge < -0.3 is 10.2 Å². The molecule has 1 aliphatic carbocycles. The van der Waals surface area contributed by atoms with Crippen molar-refractivity contribution < 1.29 is 0 Å². The fraction of sp³-hybridized carbons (Fsp3) is 0.579. The Morgan fingerprint density at radius 3 is 2.71 bits per heavy atom. The van der Waals surface area contributed by atoms with E-state index >= 15 is 0 Å². The van der Waals surface area contributed by atoms with Crippen LogP contribution < -0.4 is 5.32 Å². The van der Waals surface area contributed by atoms with Crippen LogP contribution in [0.4, 0.5) is 0 Å². The van der Waals surface area contributed by atoms with Gasteiger partial charge in [-0.15, -0.1) is 0 Å². The van der Waals surface area contributed by atoms with Crippen LogP contribution in [0.3, 0.4) is 0 Å². The van der Waals surface area contributed by atoms with Crippen LogP contribution in [0, 0.1) is 5.92 Å². The number of benzene rings is 1. The maximum Gasteiger partial charge on any atom is 0.0417 e. The van der Waals surface area contributed by atoms with Crippen LogP contribution >= 0.6 is 0 Å². The molecule has 112 valence electrons. The Kier molecular flexibility index (Phi) is 3.50. The van der Waals surface area contributed by atoms with Gasteiger partial charge >= 0.3 is 0 Å². The number of hydrogen-bond donors (Lipinski definition) is 1. The minimum absolute atomic E-state index is 0.611. The van der Waals surface area contributed by atoms with Crippen molar-refractivity contribution in [3.63, 3.8) is 0 Å². The summed E-state index contributed by atoms with van der Waals surface area (Å²) in [6.07, 6.45) is 7.87. The smallest absolute Gasteiger partial charge is 0.0417 e. The molecule has 1 atom stereocenters. The molecule has 3 aliphatic heterocycles. The normalized spacial score (nSPS) is 30.8. The molecule has 21 heavy (non-hydrogen) atoms. The van der Waals surface area contributed by atoms with E-state index in [9.17, 15) is 0 Å². The second-order valence-electron chi connectivity index (χ2n) is 7.02. The third-order valence-electron chi connectivity index (χ3n) is 5.74. The van der Waals surface area contributed by atoms with Crippen LogP contribution in [-0.2, 0) is 12.8 Å². The first-order valence-electron chi connectivity index (χ1n) is 8.60. The van der Waals surface area contributed by atoms with Gasteiger partial charge in [-0.1, -0.05) is 24.8 Å². The van der Waals surface area contributed by atoms with Gasteiger partial charge in [-0.3, -0.25) is 0 Å². The average Bonchev–Trinajstić information content (AvgIpc) is 2.55. The predicted molar refractivity (Wildman–Crippen MR) is 88.2 cm³/mol. The van der Waals surface area contributed by atoms with Crippen LogP contribution in [0.15, 0.2) is 24.8 Å². The van der Waals surface area contributed by atoms with E-state index in [0.717, 1.165) is 11.6 Å². The van der Waals surface area contributed by atoms with E-state index < -0.39 is 0 Å². The molecule has 3 saturated heterocycles. The molecule has 0 spiro atoms. The fourth-order valence-electron chi connectivity index (χ4n) is 4.49. The van der Waals surface area contributed by atoms with Gasteiger partial charge in [-0.25, -0.2) is 0 Å². The lowest BCUT2D eigenvalue weighted by Crippen LogP contribution is -2.55. The lowest BCUT2D eigenvalue weighted by molar-refractivity contribution is 0.0801. The third-order valence-corrected chi connectivity index (χ3v) is 5.74. The van der Waals surface area contributed by atoms with Gasteiger partial charge in [0.1, 0.15) is 0 Å². The highest BCUT2D eigenvalue weighted by molar-refractivity contribution is 5.66. The number of aryl methyl sites for hydroxylation is 1. The summed E-state index contributed by atoms with van der Waals surface area (Å²) < 4.78 is 0. The lowest BCUT2D eigenvalue weighted by Gasteiger charge is -2.45. The van der Waals surface area contributed by atoms with Gasteiger partial charge in [-0.2, -0.15) is 0 Å². The van der Waals surface area contributed by atoms with Crippen LogP contribution in [0.25, 0.3) is 5.70 Å². The molecule has 1 N–H and O–H groups in total. The highest BCUT2D eigenvalue weighted by atomic mass is 15.2. The van der Waals surface area contributed by atoms with Gasteiger partial charge in [0, 0.05) is 23.8 Å². The molecule has 0 aromatic heterocycles. The van der Waals surface area contributed by atoms with Crippen LogP contribution in [0.1, 0.15) is 42.4 Å². The zero-order valence-electron chi connectivity index (χ0n) is 12.9. The van der Waals surface area contributed by atoms with Crippen molar-refractivity contribution in [3.05, 3.63) is 41.5 Å². The molecule has 3 heterocycles. The number of piperidine rings is 3. The van der Waals surface area contributed by atoms with E-state index in [1.54, 1.807) is 11.1 Å². The number of fused-ring (bicyclic) bond motifs is 4. The largest absolute Gasteiger partial charge is 0.381 e. The second kappa shape index (κ2) is 5.49. The minimum Gasteiger partial charge on any atom is -0.381 e. The Labute approximate surface area is 128 Å². The maximum absolute atomic E-state index is 4.38. The molecule has 0 saturated carbocycles. The summed E-state index contributed by atoms with van der Waals surface area (Å²) in [6.45, 7) is 8.19. The summed E-state index contributed by atoms with van der Waals surface area (Å²) in [4.78, 5) is 2.60. The molecule has 0 amide bonds. The quantitative estimate of drug-likeness (QED) is 0.916. The monoisotopic (exact) mass is 282 g/mol. The van der Waals surface area contributed by atoms with Crippen molar-refractivity contribution in [2.75, 3.05) is 19.6 Å². The van der Waals surface area contributed by atoms with E-state index in [4.69, 9.17) is 0 Å². The number of nitrogens with one attached hydrogen (secondary N) is 1. The Bertz CT molecular complexity index is 540. The Morgan fingerprint density at radius 2 is 1.95 bits per heavy atom. The summed E-state index contributed by atoms with van der Waals surface area (Å²) in [5.41, 5.74) is 5.65. The summed E-state index contributed by atoms with van der Waals surface area (Å²) in [7, 11) is 0. The summed E-state index contributed by atoms with van der Waals surface area (Å²) in [6, 6.07) is 7.39. The molecule has 0 unspecified atom stereocenters. The first kappa shape index (κ1) is 13.4. The number of hydrogen-bond acceptors (Lipinski definition) is 2. The lowest BCUT2D eigenvalue weighted by atomic mass is 9.83. The molecule has 2 heteroatoms. The van der Waals surface area contributed by atoms with Crippen LogP contribution in [-0.4, -0.2) is 30.6 Å². The van der Waals surface area contributed by atoms with E-state index in [2.05, 4.69) is 35.0 Å². The predicted octanol–water partition coefficient (Wildman–Crippen LogP) is 3.22.